The smallest absolute Gasteiger partial charge is 0.0396 e. The van der Waals surface area contributed by atoms with E-state index in [1.807, 2.05) is 0 Å². The van der Waals surface area contributed by atoms with Crippen LogP contribution in [-0.4, -0.2) is 19.6 Å². The number of nitrogens with zero attached hydrogens (tertiary/aromatic N) is 1. The van der Waals surface area contributed by atoms with Gasteiger partial charge in [-0.1, -0.05) is 19.1 Å². The van der Waals surface area contributed by atoms with Gasteiger partial charge < -0.3 is 10.2 Å². The third kappa shape index (κ3) is 4.47. The number of hydrogen-bond donors (Lipinski definition) is 1. The summed E-state index contributed by atoms with van der Waals surface area (Å²) in [6.45, 7) is 9.17. The Morgan fingerprint density at radius 2 is 1.76 bits per heavy atom. The van der Waals surface area contributed by atoms with Gasteiger partial charge in [-0.05, 0) is 74.6 Å². The molecule has 2 heteroatoms. The molecule has 2 aliphatic rings. The minimum Gasteiger partial charge on any atom is -0.371 e. The van der Waals surface area contributed by atoms with E-state index in [0.29, 0.717) is 0 Å². The second-order valence-corrected chi connectivity index (χ2v) is 7.09. The fourth-order valence-corrected chi connectivity index (χ4v) is 3.09. The first-order valence-electron chi connectivity index (χ1n) is 8.81. The standard InChI is InChI=1S/C19H30N2/c1-3-10-20-12-18-8-9-19(15(2)11-18)21(13-16-4-5-16)14-17-6-7-17/h8-9,11,16-17,20H,3-7,10,12-14H2,1-2H3. The van der Waals surface area contributed by atoms with Gasteiger partial charge in [0.1, 0.15) is 0 Å². The zero-order valence-electron chi connectivity index (χ0n) is 13.7. The predicted molar refractivity (Wildman–Crippen MR) is 90.8 cm³/mol. The Kier molecular flexibility index (Phi) is 4.84. The summed E-state index contributed by atoms with van der Waals surface area (Å²) in [7, 11) is 0. The van der Waals surface area contributed by atoms with Gasteiger partial charge in [0.15, 0.2) is 0 Å². The number of hydrogen-bond acceptors (Lipinski definition) is 2. The van der Waals surface area contributed by atoms with Crippen molar-refractivity contribution in [2.75, 3.05) is 24.5 Å². The van der Waals surface area contributed by atoms with Gasteiger partial charge in [0.05, 0.1) is 0 Å². The molecule has 1 N–H and O–H groups in total. The zero-order valence-corrected chi connectivity index (χ0v) is 13.7. The highest BCUT2D eigenvalue weighted by Gasteiger charge is 2.29. The first-order valence-corrected chi connectivity index (χ1v) is 8.81. The maximum atomic E-state index is 3.50. The molecule has 0 bridgehead atoms. The number of rotatable bonds is 9. The van der Waals surface area contributed by atoms with Crippen molar-refractivity contribution >= 4 is 5.69 Å². The van der Waals surface area contributed by atoms with Crippen LogP contribution in [0.15, 0.2) is 18.2 Å². The van der Waals surface area contributed by atoms with E-state index in [1.54, 1.807) is 0 Å². The molecule has 2 aliphatic carbocycles. The van der Waals surface area contributed by atoms with Crippen LogP contribution in [0.1, 0.15) is 50.2 Å². The molecule has 116 valence electrons. The second-order valence-electron chi connectivity index (χ2n) is 7.09. The van der Waals surface area contributed by atoms with Crippen molar-refractivity contribution in [1.82, 2.24) is 5.32 Å². The maximum absolute atomic E-state index is 3.50. The lowest BCUT2D eigenvalue weighted by atomic mass is 10.1. The summed E-state index contributed by atoms with van der Waals surface area (Å²) in [4.78, 5) is 2.67. The average molecular weight is 286 g/mol. The summed E-state index contributed by atoms with van der Waals surface area (Å²) in [5.41, 5.74) is 4.35. The van der Waals surface area contributed by atoms with E-state index in [9.17, 15) is 0 Å². The summed E-state index contributed by atoms with van der Waals surface area (Å²) >= 11 is 0. The predicted octanol–water partition coefficient (Wildman–Crippen LogP) is 4.12. The van der Waals surface area contributed by atoms with Crippen LogP contribution in [0.25, 0.3) is 0 Å². The number of nitrogens with one attached hydrogen (secondary N) is 1. The van der Waals surface area contributed by atoms with E-state index in [2.05, 4.69) is 42.3 Å². The van der Waals surface area contributed by atoms with Gasteiger partial charge in [0.25, 0.3) is 0 Å². The molecule has 2 saturated carbocycles. The van der Waals surface area contributed by atoms with Gasteiger partial charge in [-0.2, -0.15) is 0 Å². The van der Waals surface area contributed by atoms with Crippen molar-refractivity contribution in [1.29, 1.82) is 0 Å². The number of benzene rings is 1. The molecular weight excluding hydrogens is 256 g/mol. The molecule has 21 heavy (non-hydrogen) atoms. The fourth-order valence-electron chi connectivity index (χ4n) is 3.09. The van der Waals surface area contributed by atoms with E-state index in [-0.39, 0.29) is 0 Å². The Bertz CT molecular complexity index is 447. The lowest BCUT2D eigenvalue weighted by Crippen LogP contribution is -2.28. The topological polar surface area (TPSA) is 15.3 Å². The van der Waals surface area contributed by atoms with Crippen LogP contribution in [0.4, 0.5) is 5.69 Å². The molecule has 2 nitrogen and oxygen atoms in total. The normalized spacial score (nSPS) is 18.0. The Morgan fingerprint density at radius 3 is 2.29 bits per heavy atom. The maximum Gasteiger partial charge on any atom is 0.0396 e. The first-order chi connectivity index (χ1) is 10.3. The Hall–Kier alpha value is -1.02. The molecule has 0 spiro atoms. The first kappa shape index (κ1) is 14.9. The molecule has 0 amide bonds. The van der Waals surface area contributed by atoms with Crippen LogP contribution in [0.5, 0.6) is 0 Å². The second kappa shape index (κ2) is 6.83. The van der Waals surface area contributed by atoms with E-state index in [1.165, 1.54) is 62.0 Å². The molecule has 1 aromatic carbocycles. The van der Waals surface area contributed by atoms with Crippen molar-refractivity contribution in [3.05, 3.63) is 29.3 Å². The lowest BCUT2D eigenvalue weighted by molar-refractivity contribution is 0.670. The van der Waals surface area contributed by atoms with Crippen LogP contribution in [0.3, 0.4) is 0 Å². The van der Waals surface area contributed by atoms with Crippen LogP contribution in [0.2, 0.25) is 0 Å². The summed E-state index contributed by atoms with van der Waals surface area (Å²) in [6, 6.07) is 7.06. The Morgan fingerprint density at radius 1 is 1.10 bits per heavy atom. The third-order valence-corrected chi connectivity index (χ3v) is 4.71. The van der Waals surface area contributed by atoms with E-state index in [0.717, 1.165) is 24.9 Å². The van der Waals surface area contributed by atoms with Crippen LogP contribution in [0, 0.1) is 18.8 Å². The largest absolute Gasteiger partial charge is 0.371 e. The number of aryl methyl sites for hydroxylation is 1. The van der Waals surface area contributed by atoms with E-state index in [4.69, 9.17) is 0 Å². The molecule has 0 radical (unpaired) electrons. The molecule has 2 fully saturated rings. The van der Waals surface area contributed by atoms with Crippen molar-refractivity contribution < 1.29 is 0 Å². The van der Waals surface area contributed by atoms with Crippen molar-refractivity contribution in [2.45, 2.75) is 52.5 Å². The van der Waals surface area contributed by atoms with Crippen LogP contribution < -0.4 is 10.2 Å². The summed E-state index contributed by atoms with van der Waals surface area (Å²) in [6.07, 6.45) is 6.98. The van der Waals surface area contributed by atoms with Crippen LogP contribution >= 0.6 is 0 Å². The highest BCUT2D eigenvalue weighted by molar-refractivity contribution is 5.55. The molecule has 0 saturated heterocycles. The zero-order chi connectivity index (χ0) is 14.7. The summed E-state index contributed by atoms with van der Waals surface area (Å²) < 4.78 is 0. The minimum absolute atomic E-state index is 0.967. The molecule has 0 aromatic heterocycles. The molecule has 0 atom stereocenters. The monoisotopic (exact) mass is 286 g/mol. The highest BCUT2D eigenvalue weighted by Crippen LogP contribution is 2.36. The van der Waals surface area contributed by atoms with Gasteiger partial charge >= 0.3 is 0 Å². The molecule has 0 heterocycles. The van der Waals surface area contributed by atoms with E-state index >= 15 is 0 Å². The quantitative estimate of drug-likeness (QED) is 0.687. The van der Waals surface area contributed by atoms with Gasteiger partial charge in [-0.15, -0.1) is 0 Å². The van der Waals surface area contributed by atoms with Gasteiger partial charge in [-0.3, -0.25) is 0 Å². The van der Waals surface area contributed by atoms with Crippen LogP contribution in [-0.2, 0) is 6.54 Å². The number of anilines is 1. The van der Waals surface area contributed by atoms with Crippen molar-refractivity contribution in [3.63, 3.8) is 0 Å². The Balaban J connectivity index is 1.65. The molecule has 0 unspecified atom stereocenters. The summed E-state index contributed by atoms with van der Waals surface area (Å²) in [5, 5.41) is 3.50. The van der Waals surface area contributed by atoms with Gasteiger partial charge in [0.2, 0.25) is 0 Å². The van der Waals surface area contributed by atoms with Crippen molar-refractivity contribution in [2.24, 2.45) is 11.8 Å². The SMILES string of the molecule is CCCNCc1ccc(N(CC2CC2)CC2CC2)c(C)c1. The molecular formula is C19H30N2. The fraction of sp³-hybridized carbons (Fsp3) is 0.684. The van der Waals surface area contributed by atoms with Gasteiger partial charge in [-0.25, -0.2) is 0 Å². The Labute approximate surface area is 129 Å². The molecule has 1 aromatic rings. The van der Waals surface area contributed by atoms with Crippen molar-refractivity contribution in [3.8, 4) is 0 Å². The minimum atomic E-state index is 0.967. The van der Waals surface area contributed by atoms with E-state index < -0.39 is 0 Å². The molecule has 0 aliphatic heterocycles. The third-order valence-electron chi connectivity index (χ3n) is 4.71. The summed E-state index contributed by atoms with van der Waals surface area (Å²) in [5.74, 6) is 1.93. The van der Waals surface area contributed by atoms with Gasteiger partial charge in [0, 0.05) is 25.3 Å². The highest BCUT2D eigenvalue weighted by atomic mass is 15.1. The lowest BCUT2D eigenvalue weighted by Gasteiger charge is -2.27. The average Bonchev–Trinajstić information content (AvgIpc) is 3.34. The molecule has 3 rings (SSSR count).